The predicted octanol–water partition coefficient (Wildman–Crippen LogP) is 4.71. The normalized spacial score (nSPS) is 12.0. The van der Waals surface area contributed by atoms with Gasteiger partial charge in [-0.2, -0.15) is 0 Å². The summed E-state index contributed by atoms with van der Waals surface area (Å²) in [6.07, 6.45) is 1.80. The number of imidazole rings is 1. The molecule has 0 bridgehead atoms. The van der Waals surface area contributed by atoms with Crippen LogP contribution < -0.4 is 14.8 Å². The lowest BCUT2D eigenvalue weighted by molar-refractivity contribution is -0.384. The summed E-state index contributed by atoms with van der Waals surface area (Å²) < 4.78 is 9.01. The Hall–Kier alpha value is -3.56. The number of rotatable bonds is 5. The Balaban J connectivity index is 1.51. The second-order valence-corrected chi connectivity index (χ2v) is 8.95. The lowest BCUT2D eigenvalue weighted by Crippen LogP contribution is -2.22. The van der Waals surface area contributed by atoms with Crippen molar-refractivity contribution in [1.29, 1.82) is 0 Å². The van der Waals surface area contributed by atoms with Gasteiger partial charge in [-0.1, -0.05) is 39.4 Å². The largest absolute Gasteiger partial charge is 0.488 e. The number of ether oxygens (including phenoxy) is 1. The fourth-order valence-corrected chi connectivity index (χ4v) is 4.75. The molecule has 0 spiro atoms. The van der Waals surface area contributed by atoms with E-state index < -0.39 is 4.92 Å². The van der Waals surface area contributed by atoms with Crippen molar-refractivity contribution in [3.8, 4) is 5.75 Å². The second-order valence-electron chi connectivity index (χ2n) is 7.03. The van der Waals surface area contributed by atoms with Gasteiger partial charge in [-0.25, -0.2) is 9.38 Å². The fraction of sp³-hybridized carbons (Fsp3) is 0.0435. The molecule has 7 nitrogen and oxygen atoms in total. The van der Waals surface area contributed by atoms with E-state index in [9.17, 15) is 14.9 Å². The molecule has 0 saturated heterocycles. The lowest BCUT2D eigenvalue weighted by Gasteiger charge is -2.10. The molecule has 0 N–H and O–H groups in total. The Morgan fingerprint density at radius 3 is 2.69 bits per heavy atom. The number of hydrogen-bond donors (Lipinski definition) is 0. The number of nitro groups is 1. The third kappa shape index (κ3) is 3.76. The minimum atomic E-state index is -0.436. The van der Waals surface area contributed by atoms with E-state index in [2.05, 4.69) is 20.9 Å². The van der Waals surface area contributed by atoms with Gasteiger partial charge in [0.15, 0.2) is 4.96 Å². The van der Waals surface area contributed by atoms with E-state index in [0.29, 0.717) is 15.2 Å². The number of hydrogen-bond acceptors (Lipinski definition) is 6. The molecule has 3 aromatic carbocycles. The van der Waals surface area contributed by atoms with E-state index in [1.54, 1.807) is 22.6 Å². The summed E-state index contributed by atoms with van der Waals surface area (Å²) >= 11 is 4.80. The Bertz CT molecular complexity index is 1590. The van der Waals surface area contributed by atoms with Gasteiger partial charge in [0, 0.05) is 22.2 Å². The highest BCUT2D eigenvalue weighted by Crippen LogP contribution is 2.25. The summed E-state index contributed by atoms with van der Waals surface area (Å²) in [6.45, 7) is 0.239. The Morgan fingerprint density at radius 1 is 1.12 bits per heavy atom. The van der Waals surface area contributed by atoms with Crippen molar-refractivity contribution in [1.82, 2.24) is 9.38 Å². The molecule has 5 rings (SSSR count). The first-order valence-electron chi connectivity index (χ1n) is 9.57. The molecule has 0 aliphatic rings. The molecule has 2 aromatic heterocycles. The molecular formula is C23H14BrN3O4S. The maximum absolute atomic E-state index is 13.1. The second kappa shape index (κ2) is 8.18. The molecule has 158 valence electrons. The van der Waals surface area contributed by atoms with Crippen molar-refractivity contribution in [2.45, 2.75) is 6.61 Å². The summed E-state index contributed by atoms with van der Waals surface area (Å²) in [6, 6.07) is 19.3. The molecule has 9 heteroatoms. The van der Waals surface area contributed by atoms with Crippen molar-refractivity contribution in [2.75, 3.05) is 0 Å². The molecule has 0 unspecified atom stereocenters. The minimum Gasteiger partial charge on any atom is -0.488 e. The molecule has 0 amide bonds. The first-order valence-corrected chi connectivity index (χ1v) is 11.2. The number of non-ortho nitro benzene ring substituents is 1. The van der Waals surface area contributed by atoms with E-state index in [0.717, 1.165) is 26.6 Å². The van der Waals surface area contributed by atoms with Crippen LogP contribution in [0.25, 0.3) is 22.1 Å². The first kappa shape index (κ1) is 20.3. The zero-order valence-corrected chi connectivity index (χ0v) is 18.8. The number of nitrogens with zero attached hydrogens (tertiary/aromatic N) is 3. The van der Waals surface area contributed by atoms with Crippen LogP contribution in [0.4, 0.5) is 5.69 Å². The van der Waals surface area contributed by atoms with E-state index >= 15 is 0 Å². The summed E-state index contributed by atoms with van der Waals surface area (Å²) in [5.41, 5.74) is 3.02. The highest BCUT2D eigenvalue weighted by atomic mass is 79.9. The maximum Gasteiger partial charge on any atom is 0.274 e. The summed E-state index contributed by atoms with van der Waals surface area (Å²) in [5.74, 6) is 0.599. The molecule has 0 atom stereocenters. The molecule has 0 aliphatic carbocycles. The summed E-state index contributed by atoms with van der Waals surface area (Å²) in [7, 11) is 0. The van der Waals surface area contributed by atoms with Gasteiger partial charge in [0.05, 0.1) is 20.5 Å². The molecule has 0 aliphatic heterocycles. The average Bonchev–Trinajstić information content (AvgIpc) is 3.29. The molecule has 32 heavy (non-hydrogen) atoms. The molecule has 5 aromatic rings. The van der Waals surface area contributed by atoms with Crippen LogP contribution in [0, 0.1) is 10.1 Å². The van der Waals surface area contributed by atoms with Gasteiger partial charge in [0.25, 0.3) is 11.2 Å². The fourth-order valence-electron chi connectivity index (χ4n) is 3.39. The molecule has 2 heterocycles. The summed E-state index contributed by atoms with van der Waals surface area (Å²) in [4.78, 5) is 28.6. The van der Waals surface area contributed by atoms with Gasteiger partial charge >= 0.3 is 0 Å². The number of halogens is 1. The third-order valence-corrected chi connectivity index (χ3v) is 6.41. The quantitative estimate of drug-likeness (QED) is 0.254. The van der Waals surface area contributed by atoms with E-state index in [4.69, 9.17) is 4.74 Å². The Kier molecular flexibility index (Phi) is 5.20. The van der Waals surface area contributed by atoms with E-state index in [-0.39, 0.29) is 17.9 Å². The topological polar surface area (TPSA) is 86.7 Å². The van der Waals surface area contributed by atoms with Crippen LogP contribution in [0.2, 0.25) is 0 Å². The molecule has 0 radical (unpaired) electrons. The van der Waals surface area contributed by atoms with Crippen molar-refractivity contribution in [2.24, 2.45) is 0 Å². The molecular weight excluding hydrogens is 494 g/mol. The van der Waals surface area contributed by atoms with Crippen LogP contribution >= 0.6 is 27.3 Å². The van der Waals surface area contributed by atoms with Crippen LogP contribution in [-0.2, 0) is 6.61 Å². The minimum absolute atomic E-state index is 0.0321. The Morgan fingerprint density at radius 2 is 1.91 bits per heavy atom. The van der Waals surface area contributed by atoms with Gasteiger partial charge in [-0.05, 0) is 54.1 Å². The van der Waals surface area contributed by atoms with Gasteiger partial charge in [0.2, 0.25) is 0 Å². The third-order valence-electron chi connectivity index (χ3n) is 4.95. The molecule has 0 saturated carbocycles. The van der Waals surface area contributed by atoms with E-state index in [1.807, 2.05) is 42.5 Å². The molecule has 0 fully saturated rings. The van der Waals surface area contributed by atoms with Crippen LogP contribution in [0.1, 0.15) is 11.1 Å². The van der Waals surface area contributed by atoms with Crippen LogP contribution in [0.15, 0.2) is 76.0 Å². The number of nitro benzene ring substituents is 1. The number of thiazole rings is 1. The Labute approximate surface area is 193 Å². The average molecular weight is 508 g/mol. The van der Waals surface area contributed by atoms with Crippen LogP contribution in [0.3, 0.4) is 0 Å². The number of para-hydroxylation sites is 2. The zero-order chi connectivity index (χ0) is 22.2. The van der Waals surface area contributed by atoms with Crippen LogP contribution in [0.5, 0.6) is 5.75 Å². The van der Waals surface area contributed by atoms with Gasteiger partial charge in [-0.15, -0.1) is 0 Å². The number of benzene rings is 3. The smallest absolute Gasteiger partial charge is 0.274 e. The van der Waals surface area contributed by atoms with Gasteiger partial charge in [0.1, 0.15) is 12.4 Å². The van der Waals surface area contributed by atoms with Gasteiger partial charge < -0.3 is 4.74 Å². The van der Waals surface area contributed by atoms with Gasteiger partial charge in [-0.3, -0.25) is 14.9 Å². The van der Waals surface area contributed by atoms with Crippen LogP contribution in [-0.4, -0.2) is 14.3 Å². The number of fused-ring (bicyclic) bond motifs is 3. The van der Waals surface area contributed by atoms with Crippen molar-refractivity contribution >= 4 is 55.0 Å². The maximum atomic E-state index is 13.1. The van der Waals surface area contributed by atoms with E-state index in [1.165, 1.54) is 23.5 Å². The first-order chi connectivity index (χ1) is 15.5. The van der Waals surface area contributed by atoms with Crippen molar-refractivity contribution < 1.29 is 9.66 Å². The number of aromatic nitrogens is 2. The highest BCUT2D eigenvalue weighted by molar-refractivity contribution is 9.10. The lowest BCUT2D eigenvalue weighted by atomic mass is 10.2. The summed E-state index contributed by atoms with van der Waals surface area (Å²) in [5, 5.41) is 10.8. The standard InChI is InChI=1S/C23H14BrN3O4S/c24-16-7-10-20(31-13-14-5-8-17(9-6-14)27(29)30)15(11-16)12-21-22(28)26-19-4-2-1-3-18(19)25-23(26)32-21/h1-12H,13H2/b21-12-. The SMILES string of the molecule is O=c1/c(=C/c2cc(Br)ccc2OCc2ccc([N+](=O)[O-])cc2)sc2nc3ccccc3n12. The predicted molar refractivity (Wildman–Crippen MR) is 127 cm³/mol. The van der Waals surface area contributed by atoms with Crippen molar-refractivity contribution in [3.05, 3.63) is 107 Å². The van der Waals surface area contributed by atoms with Crippen molar-refractivity contribution in [3.63, 3.8) is 0 Å². The zero-order valence-electron chi connectivity index (χ0n) is 16.4. The monoisotopic (exact) mass is 507 g/mol. The highest BCUT2D eigenvalue weighted by Gasteiger charge is 2.12.